The van der Waals surface area contributed by atoms with Crippen molar-refractivity contribution in [2.75, 3.05) is 17.6 Å². The number of anilines is 1. The van der Waals surface area contributed by atoms with Crippen LogP contribution in [-0.2, 0) is 14.8 Å². The Labute approximate surface area is 128 Å². The van der Waals surface area contributed by atoms with Crippen molar-refractivity contribution in [2.24, 2.45) is 0 Å². The molecule has 0 bridgehead atoms. The predicted octanol–water partition coefficient (Wildman–Crippen LogP) is 1.57. The molecule has 0 fully saturated rings. The number of hydrogen-bond donors (Lipinski definition) is 1. The SMILES string of the molecule is COC(C)(C)CS(=O)(=O)Nc1cnn(-c2ncccc2F)c1. The second-order valence-electron chi connectivity index (χ2n) is 5.31. The first kappa shape index (κ1) is 16.4. The third-order valence-corrected chi connectivity index (χ3v) is 4.52. The van der Waals surface area contributed by atoms with E-state index in [9.17, 15) is 12.8 Å². The van der Waals surface area contributed by atoms with Crippen molar-refractivity contribution in [3.63, 3.8) is 0 Å². The number of sulfonamides is 1. The fourth-order valence-corrected chi connectivity index (χ4v) is 3.34. The van der Waals surface area contributed by atoms with Crippen molar-refractivity contribution in [2.45, 2.75) is 19.4 Å². The number of methoxy groups -OCH3 is 1. The summed E-state index contributed by atoms with van der Waals surface area (Å²) in [4.78, 5) is 3.86. The molecule has 0 aliphatic rings. The van der Waals surface area contributed by atoms with Crippen LogP contribution in [0.2, 0.25) is 0 Å². The van der Waals surface area contributed by atoms with E-state index in [1.165, 1.54) is 37.8 Å². The lowest BCUT2D eigenvalue weighted by Gasteiger charge is -2.22. The summed E-state index contributed by atoms with van der Waals surface area (Å²) >= 11 is 0. The summed E-state index contributed by atoms with van der Waals surface area (Å²) in [6, 6.07) is 2.70. The van der Waals surface area contributed by atoms with Crippen LogP contribution in [0.5, 0.6) is 0 Å². The van der Waals surface area contributed by atoms with Crippen molar-refractivity contribution < 1.29 is 17.5 Å². The quantitative estimate of drug-likeness (QED) is 0.870. The lowest BCUT2D eigenvalue weighted by molar-refractivity contribution is 0.0426. The fraction of sp³-hybridized carbons (Fsp3) is 0.385. The van der Waals surface area contributed by atoms with Gasteiger partial charge in [0.05, 0.1) is 29.4 Å². The Kier molecular flexibility index (Phi) is 4.47. The summed E-state index contributed by atoms with van der Waals surface area (Å²) in [5.74, 6) is -0.787. The first-order valence-electron chi connectivity index (χ1n) is 6.44. The van der Waals surface area contributed by atoms with Gasteiger partial charge in [0.25, 0.3) is 0 Å². The molecule has 2 aromatic heterocycles. The zero-order valence-corrected chi connectivity index (χ0v) is 13.3. The summed E-state index contributed by atoms with van der Waals surface area (Å²) < 4.78 is 46.4. The van der Waals surface area contributed by atoms with Crippen LogP contribution in [0.25, 0.3) is 5.82 Å². The van der Waals surface area contributed by atoms with Gasteiger partial charge in [-0.25, -0.2) is 22.5 Å². The summed E-state index contributed by atoms with van der Waals surface area (Å²) in [7, 11) is -2.18. The van der Waals surface area contributed by atoms with Crippen LogP contribution >= 0.6 is 0 Å². The van der Waals surface area contributed by atoms with Crippen molar-refractivity contribution in [3.05, 3.63) is 36.5 Å². The Hall–Kier alpha value is -2.00. The fourth-order valence-electron chi connectivity index (χ4n) is 1.77. The summed E-state index contributed by atoms with van der Waals surface area (Å²) in [6.07, 6.45) is 4.05. The Morgan fingerprint density at radius 1 is 1.45 bits per heavy atom. The Balaban J connectivity index is 2.18. The highest BCUT2D eigenvalue weighted by atomic mass is 32.2. The highest BCUT2D eigenvalue weighted by Crippen LogP contribution is 2.16. The van der Waals surface area contributed by atoms with E-state index in [0.29, 0.717) is 0 Å². The topological polar surface area (TPSA) is 86.1 Å². The summed E-state index contributed by atoms with van der Waals surface area (Å²) in [5, 5.41) is 3.90. The van der Waals surface area contributed by atoms with Gasteiger partial charge in [-0.3, -0.25) is 4.72 Å². The van der Waals surface area contributed by atoms with E-state index in [2.05, 4.69) is 14.8 Å². The highest BCUT2D eigenvalue weighted by molar-refractivity contribution is 7.92. The first-order chi connectivity index (χ1) is 10.2. The monoisotopic (exact) mass is 328 g/mol. The maximum absolute atomic E-state index is 13.6. The second kappa shape index (κ2) is 6.01. The van der Waals surface area contributed by atoms with Gasteiger partial charge in [0.15, 0.2) is 11.6 Å². The molecule has 7 nitrogen and oxygen atoms in total. The molecule has 0 aromatic carbocycles. The summed E-state index contributed by atoms with van der Waals surface area (Å²) in [6.45, 7) is 3.33. The van der Waals surface area contributed by atoms with E-state index in [4.69, 9.17) is 4.74 Å². The van der Waals surface area contributed by atoms with Crippen LogP contribution in [0.1, 0.15) is 13.8 Å². The van der Waals surface area contributed by atoms with E-state index < -0.39 is 21.4 Å². The molecule has 1 N–H and O–H groups in total. The Bertz CT molecular complexity index is 758. The van der Waals surface area contributed by atoms with E-state index in [0.717, 1.165) is 4.68 Å². The number of nitrogens with one attached hydrogen (secondary N) is 1. The molecule has 0 unspecified atom stereocenters. The zero-order valence-electron chi connectivity index (χ0n) is 12.4. The van der Waals surface area contributed by atoms with Gasteiger partial charge in [-0.2, -0.15) is 5.10 Å². The lowest BCUT2D eigenvalue weighted by atomic mass is 10.2. The second-order valence-corrected chi connectivity index (χ2v) is 7.03. The molecule has 0 aliphatic heterocycles. The van der Waals surface area contributed by atoms with Crippen LogP contribution in [0.15, 0.2) is 30.7 Å². The molecule has 0 saturated heterocycles. The van der Waals surface area contributed by atoms with Gasteiger partial charge in [0, 0.05) is 13.3 Å². The van der Waals surface area contributed by atoms with Gasteiger partial charge in [0.1, 0.15) is 0 Å². The van der Waals surface area contributed by atoms with Crippen LogP contribution in [0.4, 0.5) is 10.1 Å². The molecule has 2 heterocycles. The first-order valence-corrected chi connectivity index (χ1v) is 8.09. The number of hydrogen-bond acceptors (Lipinski definition) is 5. The Morgan fingerprint density at radius 3 is 2.82 bits per heavy atom. The molecule has 2 rings (SSSR count). The molecule has 0 radical (unpaired) electrons. The molecule has 0 saturated carbocycles. The van der Waals surface area contributed by atoms with Crippen LogP contribution in [0.3, 0.4) is 0 Å². The third kappa shape index (κ3) is 4.01. The normalized spacial score (nSPS) is 12.4. The largest absolute Gasteiger partial charge is 0.378 e. The van der Waals surface area contributed by atoms with Gasteiger partial charge < -0.3 is 4.74 Å². The number of nitrogens with zero attached hydrogens (tertiary/aromatic N) is 3. The van der Waals surface area contributed by atoms with Crippen LogP contribution in [0, 0.1) is 5.82 Å². The third-order valence-electron chi connectivity index (χ3n) is 2.90. The molecule has 120 valence electrons. The molecule has 0 atom stereocenters. The molecule has 0 aliphatic carbocycles. The van der Waals surface area contributed by atoms with Crippen molar-refractivity contribution in [3.8, 4) is 5.82 Å². The Morgan fingerprint density at radius 2 is 2.18 bits per heavy atom. The molecule has 0 spiro atoms. The van der Waals surface area contributed by atoms with Crippen LogP contribution < -0.4 is 4.72 Å². The van der Waals surface area contributed by atoms with E-state index in [1.807, 2.05) is 0 Å². The molecule has 2 aromatic rings. The van der Waals surface area contributed by atoms with Crippen molar-refractivity contribution >= 4 is 15.7 Å². The van der Waals surface area contributed by atoms with Gasteiger partial charge in [-0.15, -0.1) is 0 Å². The standard InChI is InChI=1S/C13H17FN4O3S/c1-13(2,21-3)9-22(19,20)17-10-7-16-18(8-10)12-11(14)5-4-6-15-12/h4-8,17H,9H2,1-3H3. The number of pyridine rings is 1. The zero-order chi connectivity index (χ0) is 16.4. The predicted molar refractivity (Wildman–Crippen MR) is 79.8 cm³/mol. The number of ether oxygens (including phenoxy) is 1. The minimum Gasteiger partial charge on any atom is -0.378 e. The van der Waals surface area contributed by atoms with E-state index in [-0.39, 0.29) is 17.3 Å². The summed E-state index contributed by atoms with van der Waals surface area (Å²) in [5.41, 5.74) is -0.605. The molecular weight excluding hydrogens is 311 g/mol. The molecule has 9 heteroatoms. The highest BCUT2D eigenvalue weighted by Gasteiger charge is 2.26. The maximum atomic E-state index is 13.6. The van der Waals surface area contributed by atoms with Gasteiger partial charge in [-0.1, -0.05) is 0 Å². The van der Waals surface area contributed by atoms with Gasteiger partial charge in [0.2, 0.25) is 10.0 Å². The van der Waals surface area contributed by atoms with E-state index >= 15 is 0 Å². The molecule has 22 heavy (non-hydrogen) atoms. The van der Waals surface area contributed by atoms with Crippen LogP contribution in [-0.4, -0.2) is 41.6 Å². The van der Waals surface area contributed by atoms with Crippen molar-refractivity contribution in [1.82, 2.24) is 14.8 Å². The minimum atomic E-state index is -3.63. The average molecular weight is 328 g/mol. The van der Waals surface area contributed by atoms with E-state index in [1.54, 1.807) is 13.8 Å². The number of rotatable bonds is 6. The molecule has 0 amide bonds. The number of halogens is 1. The average Bonchev–Trinajstić information content (AvgIpc) is 2.85. The smallest absolute Gasteiger partial charge is 0.235 e. The lowest BCUT2D eigenvalue weighted by Crippen LogP contribution is -2.35. The molecular formula is C13H17FN4O3S. The minimum absolute atomic E-state index is 0.00910. The van der Waals surface area contributed by atoms with Gasteiger partial charge >= 0.3 is 0 Å². The number of aromatic nitrogens is 3. The van der Waals surface area contributed by atoms with Gasteiger partial charge in [-0.05, 0) is 26.0 Å². The van der Waals surface area contributed by atoms with Crippen molar-refractivity contribution in [1.29, 1.82) is 0 Å². The maximum Gasteiger partial charge on any atom is 0.235 e.